The summed E-state index contributed by atoms with van der Waals surface area (Å²) in [5.41, 5.74) is 0. The van der Waals surface area contributed by atoms with Crippen LogP contribution < -0.4 is 0 Å². The van der Waals surface area contributed by atoms with E-state index in [-0.39, 0.29) is 12.5 Å². The molecule has 3 nitrogen and oxygen atoms in total. The second-order valence-corrected chi connectivity index (χ2v) is 3.51. The minimum absolute atomic E-state index is 0.189. The molecule has 1 amide bonds. The molecule has 0 aliphatic carbocycles. The van der Waals surface area contributed by atoms with Crippen LogP contribution >= 0.6 is 0 Å². The Hall–Kier alpha value is -0.570. The van der Waals surface area contributed by atoms with Crippen LogP contribution in [0.25, 0.3) is 0 Å². The van der Waals surface area contributed by atoms with Crippen LogP contribution in [0, 0.1) is 0 Å². The maximum absolute atomic E-state index is 11.6. The van der Waals surface area contributed by atoms with Gasteiger partial charge in [0.05, 0.1) is 0 Å². The van der Waals surface area contributed by atoms with Crippen LogP contribution in [0.2, 0.25) is 0 Å². The summed E-state index contributed by atoms with van der Waals surface area (Å²) in [6.45, 7) is 6.01. The first-order chi connectivity index (χ1) is 6.76. The van der Waals surface area contributed by atoms with Gasteiger partial charge >= 0.3 is 0 Å². The topological polar surface area (TPSA) is 40.5 Å². The Morgan fingerprint density at radius 2 is 1.93 bits per heavy atom. The molecule has 0 saturated carbocycles. The first-order valence-electron chi connectivity index (χ1n) is 5.64. The standard InChI is InChI=1S/C11H23NO2/c1-3-5-9-12(4-2)11(14)8-6-7-10-13/h13H,3-10H2,1-2H3. The van der Waals surface area contributed by atoms with Crippen molar-refractivity contribution in [1.82, 2.24) is 4.90 Å². The van der Waals surface area contributed by atoms with Crippen molar-refractivity contribution >= 4 is 5.91 Å². The highest BCUT2D eigenvalue weighted by Gasteiger charge is 2.09. The second kappa shape index (κ2) is 9.00. The lowest BCUT2D eigenvalue weighted by atomic mass is 10.2. The summed E-state index contributed by atoms with van der Waals surface area (Å²) in [4.78, 5) is 13.5. The van der Waals surface area contributed by atoms with E-state index < -0.39 is 0 Å². The molecule has 0 heterocycles. The van der Waals surface area contributed by atoms with Crippen molar-refractivity contribution in [2.24, 2.45) is 0 Å². The van der Waals surface area contributed by atoms with Gasteiger partial charge in [0.2, 0.25) is 5.91 Å². The molecule has 14 heavy (non-hydrogen) atoms. The van der Waals surface area contributed by atoms with Crippen molar-refractivity contribution in [3.05, 3.63) is 0 Å². The smallest absolute Gasteiger partial charge is 0.222 e. The molecule has 0 aliphatic heterocycles. The van der Waals surface area contributed by atoms with Crippen LogP contribution in [0.5, 0.6) is 0 Å². The number of nitrogens with zero attached hydrogens (tertiary/aromatic N) is 1. The van der Waals surface area contributed by atoms with Crippen LogP contribution in [0.4, 0.5) is 0 Å². The van der Waals surface area contributed by atoms with Crippen LogP contribution in [0.3, 0.4) is 0 Å². The Balaban J connectivity index is 3.67. The quantitative estimate of drug-likeness (QED) is 0.608. The third-order valence-corrected chi connectivity index (χ3v) is 2.31. The molecule has 0 saturated heterocycles. The van der Waals surface area contributed by atoms with Gasteiger partial charge in [-0.3, -0.25) is 4.79 Å². The highest BCUT2D eigenvalue weighted by molar-refractivity contribution is 5.76. The summed E-state index contributed by atoms with van der Waals surface area (Å²) in [5.74, 6) is 0.231. The van der Waals surface area contributed by atoms with E-state index in [9.17, 15) is 4.79 Å². The lowest BCUT2D eigenvalue weighted by Crippen LogP contribution is -2.31. The van der Waals surface area contributed by atoms with Crippen molar-refractivity contribution in [3.8, 4) is 0 Å². The lowest BCUT2D eigenvalue weighted by molar-refractivity contribution is -0.131. The molecule has 0 radical (unpaired) electrons. The summed E-state index contributed by atoms with van der Waals surface area (Å²) < 4.78 is 0. The van der Waals surface area contributed by atoms with Crippen molar-refractivity contribution in [2.45, 2.75) is 46.0 Å². The van der Waals surface area contributed by atoms with E-state index >= 15 is 0 Å². The van der Waals surface area contributed by atoms with Gasteiger partial charge in [-0.15, -0.1) is 0 Å². The number of hydrogen-bond donors (Lipinski definition) is 1. The summed E-state index contributed by atoms with van der Waals surface area (Å²) in [6, 6.07) is 0. The maximum atomic E-state index is 11.6. The zero-order valence-corrected chi connectivity index (χ0v) is 9.46. The Bertz CT molecular complexity index is 148. The number of unbranched alkanes of at least 4 members (excludes halogenated alkanes) is 2. The molecule has 84 valence electrons. The molecule has 1 N–H and O–H groups in total. The largest absolute Gasteiger partial charge is 0.396 e. The molecule has 0 bridgehead atoms. The molecule has 0 aromatic carbocycles. The van der Waals surface area contributed by atoms with Crippen LogP contribution in [0.1, 0.15) is 46.0 Å². The van der Waals surface area contributed by atoms with E-state index in [1.807, 2.05) is 11.8 Å². The fourth-order valence-electron chi connectivity index (χ4n) is 1.35. The van der Waals surface area contributed by atoms with E-state index in [0.717, 1.165) is 38.8 Å². The van der Waals surface area contributed by atoms with E-state index in [1.165, 1.54) is 0 Å². The number of carbonyl (C=O) groups is 1. The highest BCUT2D eigenvalue weighted by atomic mass is 16.2. The van der Waals surface area contributed by atoms with Crippen LogP contribution in [-0.4, -0.2) is 35.6 Å². The van der Waals surface area contributed by atoms with Gasteiger partial charge in [-0.1, -0.05) is 13.3 Å². The molecule has 0 atom stereocenters. The third kappa shape index (κ3) is 5.97. The normalized spacial score (nSPS) is 10.2. The van der Waals surface area contributed by atoms with E-state index in [0.29, 0.717) is 6.42 Å². The van der Waals surface area contributed by atoms with Crippen LogP contribution in [0.15, 0.2) is 0 Å². The van der Waals surface area contributed by atoms with Gasteiger partial charge in [0.25, 0.3) is 0 Å². The Morgan fingerprint density at radius 1 is 1.21 bits per heavy atom. The lowest BCUT2D eigenvalue weighted by Gasteiger charge is -2.20. The maximum Gasteiger partial charge on any atom is 0.222 e. The monoisotopic (exact) mass is 201 g/mol. The zero-order chi connectivity index (χ0) is 10.8. The van der Waals surface area contributed by atoms with Crippen molar-refractivity contribution in [3.63, 3.8) is 0 Å². The number of hydrogen-bond acceptors (Lipinski definition) is 2. The van der Waals surface area contributed by atoms with Gasteiger partial charge < -0.3 is 10.0 Å². The zero-order valence-electron chi connectivity index (χ0n) is 9.46. The van der Waals surface area contributed by atoms with Crippen molar-refractivity contribution in [2.75, 3.05) is 19.7 Å². The van der Waals surface area contributed by atoms with Gasteiger partial charge in [0, 0.05) is 26.1 Å². The van der Waals surface area contributed by atoms with Crippen LogP contribution in [-0.2, 0) is 4.79 Å². The molecular formula is C11H23NO2. The summed E-state index contributed by atoms with van der Waals surface area (Å²) >= 11 is 0. The number of aliphatic hydroxyl groups excluding tert-OH is 1. The molecule has 0 aliphatic rings. The SMILES string of the molecule is CCCCN(CC)C(=O)CCCCO. The fourth-order valence-corrected chi connectivity index (χ4v) is 1.35. The summed E-state index contributed by atoms with van der Waals surface area (Å²) in [5, 5.41) is 8.59. The minimum atomic E-state index is 0.189. The molecular weight excluding hydrogens is 178 g/mol. The predicted octanol–water partition coefficient (Wildman–Crippen LogP) is 1.80. The molecule has 3 heteroatoms. The molecule has 0 fully saturated rings. The average molecular weight is 201 g/mol. The second-order valence-electron chi connectivity index (χ2n) is 3.51. The Labute approximate surface area is 87.1 Å². The number of amides is 1. The number of rotatable bonds is 8. The summed E-state index contributed by atoms with van der Waals surface area (Å²) in [7, 11) is 0. The summed E-state index contributed by atoms with van der Waals surface area (Å²) in [6.07, 6.45) is 4.33. The van der Waals surface area contributed by atoms with E-state index in [4.69, 9.17) is 5.11 Å². The molecule has 0 aromatic heterocycles. The first-order valence-corrected chi connectivity index (χ1v) is 5.64. The van der Waals surface area contributed by atoms with Gasteiger partial charge in [-0.2, -0.15) is 0 Å². The Kier molecular flexibility index (Phi) is 8.64. The van der Waals surface area contributed by atoms with Gasteiger partial charge in [-0.25, -0.2) is 0 Å². The van der Waals surface area contributed by atoms with Gasteiger partial charge in [0.1, 0.15) is 0 Å². The van der Waals surface area contributed by atoms with Gasteiger partial charge in [-0.05, 0) is 26.2 Å². The predicted molar refractivity (Wildman–Crippen MR) is 58.1 cm³/mol. The molecule has 0 aromatic rings. The molecule has 0 spiro atoms. The van der Waals surface area contributed by atoms with E-state index in [2.05, 4.69) is 6.92 Å². The third-order valence-electron chi connectivity index (χ3n) is 2.31. The molecule has 0 unspecified atom stereocenters. The number of aliphatic hydroxyl groups is 1. The average Bonchev–Trinajstić information content (AvgIpc) is 2.19. The van der Waals surface area contributed by atoms with E-state index in [1.54, 1.807) is 0 Å². The molecule has 0 rings (SSSR count). The fraction of sp³-hybridized carbons (Fsp3) is 0.909. The van der Waals surface area contributed by atoms with Gasteiger partial charge in [0.15, 0.2) is 0 Å². The minimum Gasteiger partial charge on any atom is -0.396 e. The Morgan fingerprint density at radius 3 is 2.43 bits per heavy atom. The first kappa shape index (κ1) is 13.4. The highest BCUT2D eigenvalue weighted by Crippen LogP contribution is 2.02. The number of carbonyl (C=O) groups excluding carboxylic acids is 1. The van der Waals surface area contributed by atoms with Crippen molar-refractivity contribution < 1.29 is 9.90 Å². The van der Waals surface area contributed by atoms with Crippen molar-refractivity contribution in [1.29, 1.82) is 0 Å².